The predicted octanol–water partition coefficient (Wildman–Crippen LogP) is 4.51. The molecule has 1 aliphatic carbocycles. The second-order valence-electron chi connectivity index (χ2n) is 7.48. The quantitative estimate of drug-likeness (QED) is 0.653. The maximum atomic E-state index is 13.0. The van der Waals surface area contributed by atoms with Crippen molar-refractivity contribution in [1.82, 2.24) is 10.3 Å². The standard InChI is InChI=1S/C24H24N2O3/c1-16(23(27)25-18-11-5-6-12-18)29-24(28)20-15-22(17-9-3-2-4-10-17)26-21-14-8-7-13-19(20)21/h2-4,7-10,13-16,18H,5-6,11-12H2,1H3,(H,25,27)/t16-/m0/s1. The van der Waals surface area contributed by atoms with Gasteiger partial charge < -0.3 is 10.1 Å². The summed E-state index contributed by atoms with van der Waals surface area (Å²) < 4.78 is 5.53. The number of carbonyl (C=O) groups is 2. The number of hydrogen-bond acceptors (Lipinski definition) is 4. The van der Waals surface area contributed by atoms with Crippen molar-refractivity contribution in [3.05, 3.63) is 66.2 Å². The van der Waals surface area contributed by atoms with E-state index in [2.05, 4.69) is 10.3 Å². The first-order valence-electron chi connectivity index (χ1n) is 10.1. The Labute approximate surface area is 170 Å². The van der Waals surface area contributed by atoms with Gasteiger partial charge in [-0.15, -0.1) is 0 Å². The van der Waals surface area contributed by atoms with Crippen molar-refractivity contribution in [2.75, 3.05) is 0 Å². The van der Waals surface area contributed by atoms with Crippen molar-refractivity contribution in [2.45, 2.75) is 44.8 Å². The van der Waals surface area contributed by atoms with Gasteiger partial charge in [-0.3, -0.25) is 4.79 Å². The maximum absolute atomic E-state index is 13.0. The van der Waals surface area contributed by atoms with Gasteiger partial charge in [-0.25, -0.2) is 9.78 Å². The summed E-state index contributed by atoms with van der Waals surface area (Å²) in [6, 6.07) is 19.1. The zero-order valence-electron chi connectivity index (χ0n) is 16.4. The number of fused-ring (bicyclic) bond motifs is 1. The normalized spacial score (nSPS) is 15.2. The Bertz CT molecular complexity index is 1030. The maximum Gasteiger partial charge on any atom is 0.339 e. The van der Waals surface area contributed by atoms with Crippen LogP contribution in [0.1, 0.15) is 43.0 Å². The smallest absolute Gasteiger partial charge is 0.339 e. The van der Waals surface area contributed by atoms with Crippen LogP contribution in [0.2, 0.25) is 0 Å². The first-order chi connectivity index (χ1) is 14.1. The molecule has 1 atom stereocenters. The van der Waals surface area contributed by atoms with E-state index in [0.29, 0.717) is 22.2 Å². The summed E-state index contributed by atoms with van der Waals surface area (Å²) in [5.41, 5.74) is 2.73. The molecule has 5 nitrogen and oxygen atoms in total. The van der Waals surface area contributed by atoms with Crippen LogP contribution in [0.25, 0.3) is 22.2 Å². The largest absolute Gasteiger partial charge is 0.449 e. The molecule has 3 aromatic rings. The summed E-state index contributed by atoms with van der Waals surface area (Å²) in [6.07, 6.45) is 3.38. The van der Waals surface area contributed by atoms with Gasteiger partial charge in [0.1, 0.15) is 0 Å². The highest BCUT2D eigenvalue weighted by Gasteiger charge is 2.24. The van der Waals surface area contributed by atoms with Crippen molar-refractivity contribution in [2.24, 2.45) is 0 Å². The zero-order chi connectivity index (χ0) is 20.2. The molecular formula is C24H24N2O3. The van der Waals surface area contributed by atoms with Gasteiger partial charge in [0.2, 0.25) is 0 Å². The van der Waals surface area contributed by atoms with Gasteiger partial charge in [-0.2, -0.15) is 0 Å². The van der Waals surface area contributed by atoms with Gasteiger partial charge in [-0.05, 0) is 31.9 Å². The molecule has 0 aliphatic heterocycles. The monoisotopic (exact) mass is 388 g/mol. The summed E-state index contributed by atoms with van der Waals surface area (Å²) in [5.74, 6) is -0.762. The summed E-state index contributed by atoms with van der Waals surface area (Å²) in [7, 11) is 0. The Morgan fingerprint density at radius 3 is 2.48 bits per heavy atom. The van der Waals surface area contributed by atoms with Crippen molar-refractivity contribution >= 4 is 22.8 Å². The van der Waals surface area contributed by atoms with Gasteiger partial charge in [-0.1, -0.05) is 61.4 Å². The van der Waals surface area contributed by atoms with Crippen LogP contribution >= 0.6 is 0 Å². The summed E-state index contributed by atoms with van der Waals surface area (Å²) in [4.78, 5) is 30.1. The molecule has 1 heterocycles. The number of amides is 1. The van der Waals surface area contributed by atoms with Crippen LogP contribution in [0, 0.1) is 0 Å². The number of para-hydroxylation sites is 1. The Morgan fingerprint density at radius 1 is 1.03 bits per heavy atom. The molecule has 1 amide bonds. The third-order valence-electron chi connectivity index (χ3n) is 5.36. The average molecular weight is 388 g/mol. The Hall–Kier alpha value is -3.21. The van der Waals surface area contributed by atoms with Crippen LogP contribution in [-0.4, -0.2) is 29.0 Å². The van der Waals surface area contributed by atoms with E-state index in [1.807, 2.05) is 54.6 Å². The number of benzene rings is 2. The number of hydrogen-bond donors (Lipinski definition) is 1. The summed E-state index contributed by atoms with van der Waals surface area (Å²) in [5, 5.41) is 3.69. The molecule has 1 saturated carbocycles. The highest BCUT2D eigenvalue weighted by Crippen LogP contribution is 2.25. The molecule has 1 aliphatic rings. The highest BCUT2D eigenvalue weighted by molar-refractivity contribution is 6.05. The molecule has 0 radical (unpaired) electrons. The highest BCUT2D eigenvalue weighted by atomic mass is 16.5. The van der Waals surface area contributed by atoms with Gasteiger partial charge in [0.05, 0.1) is 16.8 Å². The second-order valence-corrected chi connectivity index (χ2v) is 7.48. The topological polar surface area (TPSA) is 68.3 Å². The zero-order valence-corrected chi connectivity index (χ0v) is 16.4. The first-order valence-corrected chi connectivity index (χ1v) is 10.1. The molecule has 1 fully saturated rings. The molecular weight excluding hydrogens is 364 g/mol. The summed E-state index contributed by atoms with van der Waals surface area (Å²) >= 11 is 0. The van der Waals surface area contributed by atoms with Crippen LogP contribution in [0.4, 0.5) is 0 Å². The van der Waals surface area contributed by atoms with E-state index in [1.165, 1.54) is 0 Å². The van der Waals surface area contributed by atoms with Gasteiger partial charge in [0.15, 0.2) is 6.10 Å². The van der Waals surface area contributed by atoms with E-state index in [0.717, 1.165) is 31.2 Å². The lowest BCUT2D eigenvalue weighted by Gasteiger charge is -2.18. The fraction of sp³-hybridized carbons (Fsp3) is 0.292. The lowest BCUT2D eigenvalue weighted by Crippen LogP contribution is -2.40. The number of pyridine rings is 1. The fourth-order valence-electron chi connectivity index (χ4n) is 3.77. The fourth-order valence-corrected chi connectivity index (χ4v) is 3.77. The minimum Gasteiger partial charge on any atom is -0.449 e. The second kappa shape index (κ2) is 8.43. The van der Waals surface area contributed by atoms with Crippen LogP contribution < -0.4 is 5.32 Å². The van der Waals surface area contributed by atoms with E-state index >= 15 is 0 Å². The Balaban J connectivity index is 1.60. The predicted molar refractivity (Wildman–Crippen MR) is 112 cm³/mol. The van der Waals surface area contributed by atoms with E-state index in [4.69, 9.17) is 4.74 Å². The Kier molecular flexibility index (Phi) is 5.56. The SMILES string of the molecule is C[C@H](OC(=O)c1cc(-c2ccccc2)nc2ccccc12)C(=O)NC1CCCC1. The number of esters is 1. The molecule has 29 heavy (non-hydrogen) atoms. The number of aromatic nitrogens is 1. The molecule has 4 rings (SSSR count). The van der Waals surface area contributed by atoms with E-state index in [1.54, 1.807) is 13.0 Å². The van der Waals surface area contributed by atoms with Crippen LogP contribution in [0.5, 0.6) is 0 Å². The molecule has 5 heteroatoms. The number of ether oxygens (including phenoxy) is 1. The molecule has 0 saturated heterocycles. The molecule has 0 spiro atoms. The van der Waals surface area contributed by atoms with Crippen molar-refractivity contribution in [3.63, 3.8) is 0 Å². The van der Waals surface area contributed by atoms with Gasteiger partial charge >= 0.3 is 5.97 Å². The van der Waals surface area contributed by atoms with Crippen molar-refractivity contribution in [1.29, 1.82) is 0 Å². The number of carbonyl (C=O) groups excluding carboxylic acids is 2. The van der Waals surface area contributed by atoms with Gasteiger partial charge in [0.25, 0.3) is 5.91 Å². The minimum atomic E-state index is -0.852. The van der Waals surface area contributed by atoms with E-state index in [-0.39, 0.29) is 11.9 Å². The summed E-state index contributed by atoms with van der Waals surface area (Å²) in [6.45, 7) is 1.61. The minimum absolute atomic E-state index is 0.190. The molecule has 1 N–H and O–H groups in total. The number of nitrogens with one attached hydrogen (secondary N) is 1. The van der Waals surface area contributed by atoms with E-state index < -0.39 is 12.1 Å². The lowest BCUT2D eigenvalue weighted by atomic mass is 10.0. The third kappa shape index (κ3) is 4.29. The van der Waals surface area contributed by atoms with E-state index in [9.17, 15) is 9.59 Å². The van der Waals surface area contributed by atoms with Gasteiger partial charge in [0, 0.05) is 17.0 Å². The van der Waals surface area contributed by atoms with Crippen molar-refractivity contribution < 1.29 is 14.3 Å². The first kappa shape index (κ1) is 19.1. The molecule has 0 unspecified atom stereocenters. The van der Waals surface area contributed by atoms with Crippen molar-refractivity contribution in [3.8, 4) is 11.3 Å². The average Bonchev–Trinajstić information content (AvgIpc) is 3.26. The molecule has 0 bridgehead atoms. The van der Waals surface area contributed by atoms with Crippen LogP contribution in [-0.2, 0) is 9.53 Å². The molecule has 2 aromatic carbocycles. The Morgan fingerprint density at radius 2 is 1.72 bits per heavy atom. The lowest BCUT2D eigenvalue weighted by molar-refractivity contribution is -0.129. The molecule has 148 valence electrons. The molecule has 1 aromatic heterocycles. The number of rotatable bonds is 5. The number of nitrogens with zero attached hydrogens (tertiary/aromatic N) is 1. The van der Waals surface area contributed by atoms with Crippen LogP contribution in [0.15, 0.2) is 60.7 Å². The van der Waals surface area contributed by atoms with Crippen LogP contribution in [0.3, 0.4) is 0 Å². The third-order valence-corrected chi connectivity index (χ3v) is 5.36.